The number of aromatic nitrogens is 2. The first-order valence-corrected chi connectivity index (χ1v) is 9.77. The van der Waals surface area contributed by atoms with Crippen LogP contribution in [0.1, 0.15) is 48.1 Å². The number of carbonyl (C=O) groups is 1. The van der Waals surface area contributed by atoms with Crippen LogP contribution in [0.5, 0.6) is 5.75 Å². The number of carbonyl (C=O) groups excluding carboxylic acids is 1. The van der Waals surface area contributed by atoms with Crippen molar-refractivity contribution in [3.63, 3.8) is 0 Å². The number of nitrogens with two attached hydrogens (primary N) is 1. The molecular formula is C23H26N4O2. The Hall–Kier alpha value is -3.41. The van der Waals surface area contributed by atoms with Crippen LogP contribution in [0.2, 0.25) is 0 Å². The van der Waals surface area contributed by atoms with E-state index in [1.165, 1.54) is 0 Å². The molecule has 1 aromatic heterocycles. The summed E-state index contributed by atoms with van der Waals surface area (Å²) < 4.78 is 6.19. The van der Waals surface area contributed by atoms with Gasteiger partial charge in [-0.1, -0.05) is 49.4 Å². The van der Waals surface area contributed by atoms with Crippen LogP contribution in [0, 0.1) is 6.92 Å². The van der Waals surface area contributed by atoms with Crippen LogP contribution in [0.4, 0.5) is 5.95 Å². The Bertz CT molecular complexity index is 972. The number of amides is 1. The van der Waals surface area contributed by atoms with Crippen LogP contribution < -0.4 is 15.8 Å². The number of benzene rings is 2. The number of nitrogens with zero attached hydrogens (tertiary/aromatic N) is 2. The maximum absolute atomic E-state index is 12.6. The number of rotatable bonds is 7. The molecule has 0 saturated carbocycles. The quantitative estimate of drug-likeness (QED) is 0.627. The van der Waals surface area contributed by atoms with E-state index in [1.54, 1.807) is 6.92 Å². The second-order valence-corrected chi connectivity index (χ2v) is 6.69. The lowest BCUT2D eigenvalue weighted by Gasteiger charge is -2.21. The van der Waals surface area contributed by atoms with E-state index in [0.29, 0.717) is 35.7 Å². The van der Waals surface area contributed by atoms with Gasteiger partial charge >= 0.3 is 0 Å². The van der Waals surface area contributed by atoms with Crippen molar-refractivity contribution in [1.29, 1.82) is 0 Å². The van der Waals surface area contributed by atoms with Gasteiger partial charge in [0.15, 0.2) is 0 Å². The average Bonchev–Trinajstić information content (AvgIpc) is 2.72. The van der Waals surface area contributed by atoms with E-state index in [-0.39, 0.29) is 11.9 Å². The highest BCUT2D eigenvalue weighted by Gasteiger charge is 2.25. The predicted molar refractivity (Wildman–Crippen MR) is 115 cm³/mol. The number of ether oxygens (including phenoxy) is 1. The summed E-state index contributed by atoms with van der Waals surface area (Å²) in [6.07, 6.45) is 0.210. The minimum absolute atomic E-state index is 0.132. The van der Waals surface area contributed by atoms with E-state index in [1.807, 2.05) is 56.3 Å². The third kappa shape index (κ3) is 4.71. The smallest absolute Gasteiger partial charge is 0.255 e. The zero-order valence-corrected chi connectivity index (χ0v) is 17.0. The SMILES string of the molecule is CCNC(=O)c1c(C)nc(N)nc1C(CC)Oc1ccc(-c2ccccc2)cc1. The van der Waals surface area contributed by atoms with Gasteiger partial charge in [-0.15, -0.1) is 0 Å². The third-order valence-electron chi connectivity index (χ3n) is 4.62. The number of hydrogen-bond donors (Lipinski definition) is 2. The first-order chi connectivity index (χ1) is 14.0. The number of nitrogens with one attached hydrogen (secondary N) is 1. The molecule has 29 heavy (non-hydrogen) atoms. The molecule has 0 bridgehead atoms. The first-order valence-electron chi connectivity index (χ1n) is 9.77. The Morgan fingerprint density at radius 2 is 1.69 bits per heavy atom. The fraction of sp³-hybridized carbons (Fsp3) is 0.261. The second-order valence-electron chi connectivity index (χ2n) is 6.69. The van der Waals surface area contributed by atoms with Crippen LogP contribution in [0.15, 0.2) is 54.6 Å². The summed E-state index contributed by atoms with van der Waals surface area (Å²) in [5, 5.41) is 2.82. The molecule has 3 aromatic rings. The molecule has 6 heteroatoms. The number of hydrogen-bond acceptors (Lipinski definition) is 5. The summed E-state index contributed by atoms with van der Waals surface area (Å²) in [4.78, 5) is 21.1. The molecule has 0 aliphatic rings. The van der Waals surface area contributed by atoms with Gasteiger partial charge in [-0.2, -0.15) is 0 Å². The zero-order chi connectivity index (χ0) is 20.8. The standard InChI is InChI=1S/C23H26N4O2/c1-4-19(21-20(22(28)25-5-2)15(3)26-23(24)27-21)29-18-13-11-17(12-14-18)16-9-7-6-8-10-16/h6-14,19H,4-5H2,1-3H3,(H,25,28)(H2,24,26,27). The molecule has 0 radical (unpaired) electrons. The minimum Gasteiger partial charge on any atom is -0.484 e. The lowest BCUT2D eigenvalue weighted by molar-refractivity contribution is 0.0947. The van der Waals surface area contributed by atoms with Crippen molar-refractivity contribution in [2.75, 3.05) is 12.3 Å². The molecule has 3 rings (SSSR count). The maximum atomic E-state index is 12.6. The van der Waals surface area contributed by atoms with Gasteiger partial charge in [0.25, 0.3) is 5.91 Å². The molecule has 150 valence electrons. The molecule has 1 amide bonds. The van der Waals surface area contributed by atoms with Gasteiger partial charge in [0.05, 0.1) is 17.0 Å². The fourth-order valence-electron chi connectivity index (χ4n) is 3.23. The molecule has 0 fully saturated rings. The molecule has 6 nitrogen and oxygen atoms in total. The van der Waals surface area contributed by atoms with Crippen LogP contribution in [0.25, 0.3) is 11.1 Å². The van der Waals surface area contributed by atoms with E-state index in [0.717, 1.165) is 11.1 Å². The second kappa shape index (κ2) is 9.19. The average molecular weight is 390 g/mol. The highest BCUT2D eigenvalue weighted by Crippen LogP contribution is 2.29. The van der Waals surface area contributed by atoms with Crippen molar-refractivity contribution in [2.45, 2.75) is 33.3 Å². The molecule has 0 aliphatic heterocycles. The third-order valence-corrected chi connectivity index (χ3v) is 4.62. The van der Waals surface area contributed by atoms with E-state index in [4.69, 9.17) is 10.5 Å². The largest absolute Gasteiger partial charge is 0.484 e. The van der Waals surface area contributed by atoms with Crippen LogP contribution in [-0.4, -0.2) is 22.4 Å². The van der Waals surface area contributed by atoms with Crippen LogP contribution in [0.3, 0.4) is 0 Å². The van der Waals surface area contributed by atoms with Gasteiger partial charge in [0.2, 0.25) is 5.95 Å². The van der Waals surface area contributed by atoms with Crippen molar-refractivity contribution < 1.29 is 9.53 Å². The van der Waals surface area contributed by atoms with E-state index >= 15 is 0 Å². The summed E-state index contributed by atoms with van der Waals surface area (Å²) >= 11 is 0. The fourth-order valence-corrected chi connectivity index (χ4v) is 3.23. The van der Waals surface area contributed by atoms with E-state index < -0.39 is 6.10 Å². The normalized spacial score (nSPS) is 11.7. The molecule has 0 aliphatic carbocycles. The van der Waals surface area contributed by atoms with Crippen molar-refractivity contribution in [1.82, 2.24) is 15.3 Å². The lowest BCUT2D eigenvalue weighted by atomic mass is 10.0. The van der Waals surface area contributed by atoms with Crippen molar-refractivity contribution in [3.05, 3.63) is 71.5 Å². The lowest BCUT2D eigenvalue weighted by Crippen LogP contribution is -2.28. The van der Waals surface area contributed by atoms with Crippen molar-refractivity contribution in [3.8, 4) is 16.9 Å². The van der Waals surface area contributed by atoms with Crippen molar-refractivity contribution >= 4 is 11.9 Å². The molecule has 1 atom stereocenters. The molecule has 1 unspecified atom stereocenters. The monoisotopic (exact) mass is 390 g/mol. The molecule has 0 saturated heterocycles. The Kier molecular flexibility index (Phi) is 6.44. The summed E-state index contributed by atoms with van der Waals surface area (Å²) in [6.45, 7) is 6.12. The minimum atomic E-state index is -0.417. The number of anilines is 1. The van der Waals surface area contributed by atoms with Crippen LogP contribution >= 0.6 is 0 Å². The maximum Gasteiger partial charge on any atom is 0.255 e. The molecular weight excluding hydrogens is 364 g/mol. The molecule has 2 aromatic carbocycles. The summed E-state index contributed by atoms with van der Waals surface area (Å²) in [7, 11) is 0. The summed E-state index contributed by atoms with van der Waals surface area (Å²) in [5.41, 5.74) is 9.59. The Labute approximate surface area is 171 Å². The molecule has 0 spiro atoms. The topological polar surface area (TPSA) is 90.1 Å². The Morgan fingerprint density at radius 3 is 2.31 bits per heavy atom. The van der Waals surface area contributed by atoms with Crippen LogP contribution in [-0.2, 0) is 0 Å². The van der Waals surface area contributed by atoms with E-state index in [9.17, 15) is 4.79 Å². The molecule has 1 heterocycles. The van der Waals surface area contributed by atoms with Gasteiger partial charge in [-0.25, -0.2) is 9.97 Å². The summed E-state index contributed by atoms with van der Waals surface area (Å²) in [5.74, 6) is 0.613. The highest BCUT2D eigenvalue weighted by atomic mass is 16.5. The molecule has 3 N–H and O–H groups in total. The number of aryl methyl sites for hydroxylation is 1. The zero-order valence-electron chi connectivity index (χ0n) is 17.0. The van der Waals surface area contributed by atoms with Gasteiger partial charge in [-0.05, 0) is 43.5 Å². The van der Waals surface area contributed by atoms with Crippen molar-refractivity contribution in [2.24, 2.45) is 0 Å². The van der Waals surface area contributed by atoms with Gasteiger partial charge < -0.3 is 15.8 Å². The summed E-state index contributed by atoms with van der Waals surface area (Å²) in [6, 6.07) is 18.0. The highest BCUT2D eigenvalue weighted by molar-refractivity contribution is 5.96. The van der Waals surface area contributed by atoms with E-state index in [2.05, 4.69) is 27.4 Å². The van der Waals surface area contributed by atoms with Gasteiger partial charge in [0, 0.05) is 6.54 Å². The first kappa shape index (κ1) is 20.3. The van der Waals surface area contributed by atoms with Gasteiger partial charge in [-0.3, -0.25) is 4.79 Å². The Balaban J connectivity index is 1.89. The predicted octanol–water partition coefficient (Wildman–Crippen LogP) is 4.31. The van der Waals surface area contributed by atoms with Gasteiger partial charge in [0.1, 0.15) is 11.9 Å². The Morgan fingerprint density at radius 1 is 1.03 bits per heavy atom. The number of nitrogen functional groups attached to an aromatic ring is 1.